The van der Waals surface area contributed by atoms with Crippen LogP contribution >= 0.6 is 0 Å². The van der Waals surface area contributed by atoms with E-state index in [1.54, 1.807) is 0 Å². The van der Waals surface area contributed by atoms with E-state index in [9.17, 15) is 4.79 Å². The Balaban J connectivity index is 2.05. The number of rotatable bonds is 1. The zero-order chi connectivity index (χ0) is 9.26. The molecule has 3 unspecified atom stereocenters. The van der Waals surface area contributed by atoms with Gasteiger partial charge in [0.2, 0.25) is 0 Å². The predicted molar refractivity (Wildman–Crippen MR) is 49.6 cm³/mol. The number of carboxylic acids is 1. The second-order valence-corrected chi connectivity index (χ2v) is 4.29. The summed E-state index contributed by atoms with van der Waals surface area (Å²) in [6, 6.07) is -0.186. The minimum Gasteiger partial charge on any atom is -0.480 e. The fourth-order valence-electron chi connectivity index (χ4n) is 2.64. The highest BCUT2D eigenvalue weighted by Crippen LogP contribution is 2.29. The Bertz CT molecular complexity index is 205. The number of hydrogen-bond donors (Lipinski definition) is 1. The van der Waals surface area contributed by atoms with Crippen molar-refractivity contribution in [2.45, 2.75) is 38.1 Å². The zero-order valence-corrected chi connectivity index (χ0v) is 7.91. The van der Waals surface area contributed by atoms with Crippen molar-refractivity contribution in [2.75, 3.05) is 13.1 Å². The highest BCUT2D eigenvalue weighted by Gasteiger charge is 2.33. The second-order valence-electron chi connectivity index (χ2n) is 4.29. The maximum absolute atomic E-state index is 10.9. The van der Waals surface area contributed by atoms with Crippen LogP contribution in [0.15, 0.2) is 0 Å². The molecule has 74 valence electrons. The van der Waals surface area contributed by atoms with Crippen LogP contribution in [0.5, 0.6) is 0 Å². The molecule has 3 nitrogen and oxygen atoms in total. The molecular weight excluding hydrogens is 166 g/mol. The lowest BCUT2D eigenvalue weighted by atomic mass is 9.91. The molecule has 0 radical (unpaired) electrons. The van der Waals surface area contributed by atoms with E-state index in [0.29, 0.717) is 0 Å². The van der Waals surface area contributed by atoms with Gasteiger partial charge in [-0.15, -0.1) is 0 Å². The smallest absolute Gasteiger partial charge is 0.320 e. The minimum atomic E-state index is -0.625. The van der Waals surface area contributed by atoms with Crippen molar-refractivity contribution in [3.63, 3.8) is 0 Å². The van der Waals surface area contributed by atoms with E-state index >= 15 is 0 Å². The average molecular weight is 183 g/mol. The van der Waals surface area contributed by atoms with Gasteiger partial charge in [-0.2, -0.15) is 0 Å². The molecule has 13 heavy (non-hydrogen) atoms. The molecule has 0 aromatic heterocycles. The van der Waals surface area contributed by atoms with E-state index < -0.39 is 5.97 Å². The quantitative estimate of drug-likeness (QED) is 0.666. The molecule has 2 aliphatic rings. The van der Waals surface area contributed by atoms with Crippen molar-refractivity contribution in [1.29, 1.82) is 0 Å². The number of piperidine rings is 1. The van der Waals surface area contributed by atoms with Crippen LogP contribution < -0.4 is 0 Å². The Morgan fingerprint density at radius 2 is 2.08 bits per heavy atom. The summed E-state index contributed by atoms with van der Waals surface area (Å²) in [5, 5.41) is 9.00. The fraction of sp³-hybridized carbons (Fsp3) is 0.900. The van der Waals surface area contributed by atoms with Gasteiger partial charge in [-0.25, -0.2) is 0 Å². The fourth-order valence-corrected chi connectivity index (χ4v) is 2.64. The first-order chi connectivity index (χ1) is 6.27. The number of carbonyl (C=O) groups is 1. The van der Waals surface area contributed by atoms with Crippen molar-refractivity contribution in [1.82, 2.24) is 4.90 Å². The Morgan fingerprint density at radius 3 is 2.85 bits per heavy atom. The van der Waals surface area contributed by atoms with Gasteiger partial charge in [0, 0.05) is 6.54 Å². The van der Waals surface area contributed by atoms with Crippen LogP contribution in [0.2, 0.25) is 0 Å². The Labute approximate surface area is 78.7 Å². The SMILES string of the molecule is O=C(O)C1CCC2CCCCN1C2. The predicted octanol–water partition coefficient (Wildman–Crippen LogP) is 1.34. The van der Waals surface area contributed by atoms with E-state index in [1.807, 2.05) is 0 Å². The van der Waals surface area contributed by atoms with Gasteiger partial charge < -0.3 is 5.11 Å². The standard InChI is InChI=1S/C10H17NO2/c12-10(13)9-5-4-8-3-1-2-6-11(9)7-8/h8-9H,1-7H2,(H,12,13). The molecule has 3 atom stereocenters. The third-order valence-corrected chi connectivity index (χ3v) is 3.37. The molecule has 2 bridgehead atoms. The monoisotopic (exact) mass is 183 g/mol. The molecule has 2 aliphatic heterocycles. The third-order valence-electron chi connectivity index (χ3n) is 3.37. The molecule has 0 saturated carbocycles. The molecule has 0 spiro atoms. The second kappa shape index (κ2) is 3.66. The number of fused-ring (bicyclic) bond motifs is 2. The van der Waals surface area contributed by atoms with E-state index in [0.717, 1.165) is 31.8 Å². The van der Waals surface area contributed by atoms with Crippen LogP contribution in [0.25, 0.3) is 0 Å². The molecular formula is C10H17NO2. The lowest BCUT2D eigenvalue weighted by Gasteiger charge is -2.35. The topological polar surface area (TPSA) is 40.5 Å². The number of aliphatic carboxylic acids is 1. The minimum absolute atomic E-state index is 0.186. The van der Waals surface area contributed by atoms with Gasteiger partial charge in [0.15, 0.2) is 0 Å². The molecule has 0 aromatic carbocycles. The Morgan fingerprint density at radius 1 is 1.23 bits per heavy atom. The average Bonchev–Trinajstić information content (AvgIpc) is 2.28. The highest BCUT2D eigenvalue weighted by atomic mass is 16.4. The van der Waals surface area contributed by atoms with Crippen LogP contribution in [0.3, 0.4) is 0 Å². The maximum atomic E-state index is 10.9. The molecule has 2 rings (SSSR count). The first-order valence-electron chi connectivity index (χ1n) is 5.24. The molecule has 3 heteroatoms. The summed E-state index contributed by atoms with van der Waals surface area (Å²) in [4.78, 5) is 13.1. The summed E-state index contributed by atoms with van der Waals surface area (Å²) in [6.45, 7) is 2.02. The van der Waals surface area contributed by atoms with Crippen LogP contribution in [-0.4, -0.2) is 35.1 Å². The number of nitrogens with zero attached hydrogens (tertiary/aromatic N) is 1. The molecule has 0 aromatic rings. The maximum Gasteiger partial charge on any atom is 0.320 e. The lowest BCUT2D eigenvalue weighted by molar-refractivity contribution is -0.145. The molecule has 0 amide bonds. The van der Waals surface area contributed by atoms with Gasteiger partial charge >= 0.3 is 5.97 Å². The highest BCUT2D eigenvalue weighted by molar-refractivity contribution is 5.73. The molecule has 2 heterocycles. The zero-order valence-electron chi connectivity index (χ0n) is 7.91. The van der Waals surface area contributed by atoms with E-state index in [2.05, 4.69) is 4.90 Å². The van der Waals surface area contributed by atoms with Crippen LogP contribution in [0, 0.1) is 5.92 Å². The van der Waals surface area contributed by atoms with Gasteiger partial charge in [0.05, 0.1) is 0 Å². The summed E-state index contributed by atoms with van der Waals surface area (Å²) in [6.07, 6.45) is 5.75. The normalized spacial score (nSPS) is 39.5. The van der Waals surface area contributed by atoms with Gasteiger partial charge in [-0.3, -0.25) is 9.69 Å². The molecule has 0 aliphatic carbocycles. The third kappa shape index (κ3) is 1.85. The molecule has 1 N–H and O–H groups in total. The van der Waals surface area contributed by atoms with Crippen molar-refractivity contribution in [3.8, 4) is 0 Å². The van der Waals surface area contributed by atoms with Crippen LogP contribution in [0.1, 0.15) is 32.1 Å². The van der Waals surface area contributed by atoms with Crippen LogP contribution in [0.4, 0.5) is 0 Å². The van der Waals surface area contributed by atoms with E-state index in [4.69, 9.17) is 5.11 Å². The van der Waals surface area contributed by atoms with E-state index in [-0.39, 0.29) is 6.04 Å². The summed E-state index contributed by atoms with van der Waals surface area (Å²) in [5.41, 5.74) is 0. The van der Waals surface area contributed by atoms with Gasteiger partial charge in [0.1, 0.15) is 6.04 Å². The molecule has 2 saturated heterocycles. The van der Waals surface area contributed by atoms with Gasteiger partial charge in [-0.1, -0.05) is 6.42 Å². The Hall–Kier alpha value is -0.570. The molecule has 2 fully saturated rings. The first-order valence-corrected chi connectivity index (χ1v) is 5.24. The van der Waals surface area contributed by atoms with Crippen molar-refractivity contribution < 1.29 is 9.90 Å². The lowest BCUT2D eigenvalue weighted by Crippen LogP contribution is -2.46. The van der Waals surface area contributed by atoms with E-state index in [1.165, 1.54) is 19.3 Å². The van der Waals surface area contributed by atoms with Gasteiger partial charge in [-0.05, 0) is 38.1 Å². The first kappa shape index (κ1) is 9.00. The number of hydrogen-bond acceptors (Lipinski definition) is 2. The largest absolute Gasteiger partial charge is 0.480 e. The summed E-state index contributed by atoms with van der Waals surface area (Å²) in [5.74, 6) is 0.151. The van der Waals surface area contributed by atoms with Crippen molar-refractivity contribution in [2.24, 2.45) is 5.92 Å². The van der Waals surface area contributed by atoms with Gasteiger partial charge in [0.25, 0.3) is 0 Å². The summed E-state index contributed by atoms with van der Waals surface area (Å²) < 4.78 is 0. The van der Waals surface area contributed by atoms with Crippen LogP contribution in [-0.2, 0) is 4.79 Å². The summed E-state index contributed by atoms with van der Waals surface area (Å²) in [7, 11) is 0. The van der Waals surface area contributed by atoms with Crippen molar-refractivity contribution >= 4 is 5.97 Å². The van der Waals surface area contributed by atoms with Crippen molar-refractivity contribution in [3.05, 3.63) is 0 Å². The Kier molecular flexibility index (Phi) is 2.54. The number of carboxylic acid groups (broad SMARTS) is 1. The summed E-state index contributed by atoms with van der Waals surface area (Å²) >= 11 is 0.